The van der Waals surface area contributed by atoms with Gasteiger partial charge in [-0.3, -0.25) is 9.59 Å². The summed E-state index contributed by atoms with van der Waals surface area (Å²) in [5.74, 6) is 0.932. The second-order valence-corrected chi connectivity index (χ2v) is 6.93. The van der Waals surface area contributed by atoms with Crippen molar-refractivity contribution in [3.8, 4) is 0 Å². The molecule has 0 bridgehead atoms. The summed E-state index contributed by atoms with van der Waals surface area (Å²) in [6.07, 6.45) is 4.85. The zero-order valence-electron chi connectivity index (χ0n) is 15.9. The molecule has 0 aliphatic carbocycles. The predicted molar refractivity (Wildman–Crippen MR) is 103 cm³/mol. The van der Waals surface area contributed by atoms with E-state index >= 15 is 0 Å². The maximum absolute atomic E-state index is 12.8. The first-order valence-corrected chi connectivity index (χ1v) is 9.66. The molecule has 3 rings (SSSR count). The number of aryl methyl sites for hydroxylation is 1. The average molecular weight is 372 g/mol. The van der Waals surface area contributed by atoms with Crippen LogP contribution in [-0.2, 0) is 27.3 Å². The lowest BCUT2D eigenvalue weighted by atomic mass is 10.1. The molecule has 7 heteroatoms. The molecule has 1 aromatic heterocycles. The van der Waals surface area contributed by atoms with Gasteiger partial charge in [0.25, 0.3) is 0 Å². The van der Waals surface area contributed by atoms with Gasteiger partial charge < -0.3 is 19.5 Å². The number of likely N-dealkylation sites (tertiary alicyclic amines) is 1. The Bertz CT molecular complexity index is 781. The van der Waals surface area contributed by atoms with Gasteiger partial charge in [0.05, 0.1) is 11.0 Å². The number of rotatable bonds is 8. The molecule has 0 spiro atoms. The molecule has 2 heterocycles. The van der Waals surface area contributed by atoms with Gasteiger partial charge in [-0.25, -0.2) is 4.98 Å². The van der Waals surface area contributed by atoms with E-state index in [0.717, 1.165) is 49.2 Å². The number of carbonyl (C=O) groups excluding carboxylic acids is 2. The summed E-state index contributed by atoms with van der Waals surface area (Å²) in [5.41, 5.74) is 1.89. The Morgan fingerprint density at radius 1 is 1.19 bits per heavy atom. The number of methoxy groups -OCH3 is 1. The normalized spacial score (nSPS) is 14.5. The molecule has 1 N–H and O–H groups in total. The van der Waals surface area contributed by atoms with Crippen LogP contribution in [0.25, 0.3) is 11.0 Å². The van der Waals surface area contributed by atoms with Gasteiger partial charge in [0.2, 0.25) is 11.8 Å². The molecule has 1 aliphatic rings. The third-order valence-electron chi connectivity index (χ3n) is 4.91. The molecule has 2 amide bonds. The monoisotopic (exact) mass is 372 g/mol. The number of piperidine rings is 1. The first-order chi connectivity index (χ1) is 13.2. The first-order valence-electron chi connectivity index (χ1n) is 9.66. The van der Waals surface area contributed by atoms with Gasteiger partial charge in [-0.15, -0.1) is 0 Å². The molecule has 1 saturated heterocycles. The second kappa shape index (κ2) is 9.50. The molecule has 146 valence electrons. The molecule has 0 unspecified atom stereocenters. The Kier molecular flexibility index (Phi) is 6.81. The molecular formula is C20H28N4O3. The maximum Gasteiger partial charge on any atom is 0.245 e. The van der Waals surface area contributed by atoms with Crippen molar-refractivity contribution < 1.29 is 14.3 Å². The number of para-hydroxylation sites is 2. The van der Waals surface area contributed by atoms with Gasteiger partial charge in [0, 0.05) is 33.2 Å². The van der Waals surface area contributed by atoms with Crippen molar-refractivity contribution in [1.29, 1.82) is 0 Å². The van der Waals surface area contributed by atoms with Gasteiger partial charge in [-0.1, -0.05) is 12.1 Å². The van der Waals surface area contributed by atoms with E-state index in [1.807, 2.05) is 33.7 Å². The van der Waals surface area contributed by atoms with Gasteiger partial charge in [-0.2, -0.15) is 0 Å². The van der Waals surface area contributed by atoms with Gasteiger partial charge in [0.15, 0.2) is 0 Å². The molecular weight excluding hydrogens is 344 g/mol. The maximum atomic E-state index is 12.8. The van der Waals surface area contributed by atoms with Crippen LogP contribution in [0.1, 0.15) is 31.5 Å². The van der Waals surface area contributed by atoms with Crippen molar-refractivity contribution >= 4 is 22.8 Å². The largest absolute Gasteiger partial charge is 0.375 e. The van der Waals surface area contributed by atoms with Crippen molar-refractivity contribution in [2.24, 2.45) is 0 Å². The highest BCUT2D eigenvalue weighted by molar-refractivity contribution is 5.81. The number of hydrogen-bond acceptors (Lipinski definition) is 4. The van der Waals surface area contributed by atoms with E-state index in [1.165, 1.54) is 13.5 Å². The zero-order chi connectivity index (χ0) is 19.1. The summed E-state index contributed by atoms with van der Waals surface area (Å²) in [4.78, 5) is 30.9. The zero-order valence-corrected chi connectivity index (χ0v) is 15.9. The second-order valence-electron chi connectivity index (χ2n) is 6.93. The predicted octanol–water partition coefficient (Wildman–Crippen LogP) is 1.74. The van der Waals surface area contributed by atoms with Crippen LogP contribution in [0, 0.1) is 0 Å². The third kappa shape index (κ3) is 5.07. The Labute approximate surface area is 159 Å². The first kappa shape index (κ1) is 19.4. The van der Waals surface area contributed by atoms with E-state index in [1.54, 1.807) is 0 Å². The number of amides is 2. The van der Waals surface area contributed by atoms with Crippen LogP contribution in [0.2, 0.25) is 0 Å². The van der Waals surface area contributed by atoms with Crippen molar-refractivity contribution in [2.75, 3.05) is 33.4 Å². The number of aromatic nitrogens is 2. The molecule has 1 aromatic carbocycles. The quantitative estimate of drug-likeness (QED) is 0.716. The number of nitrogens with one attached hydrogen (secondary N) is 1. The minimum atomic E-state index is -0.119. The van der Waals surface area contributed by atoms with Crippen molar-refractivity contribution in [3.05, 3.63) is 30.1 Å². The fraction of sp³-hybridized carbons (Fsp3) is 0.550. The van der Waals surface area contributed by atoms with Crippen molar-refractivity contribution in [1.82, 2.24) is 19.8 Å². The smallest absolute Gasteiger partial charge is 0.245 e. The number of fused-ring (bicyclic) bond motifs is 1. The van der Waals surface area contributed by atoms with E-state index in [0.29, 0.717) is 19.5 Å². The number of carbonyl (C=O) groups is 2. The van der Waals surface area contributed by atoms with E-state index < -0.39 is 0 Å². The standard InChI is InChI=1S/C20H28N4O3/c1-27-15-19(25)21-11-7-10-18-22-16-8-3-4-9-17(16)24(18)14-20(26)23-12-5-2-6-13-23/h3-4,8-9H,2,5-7,10-15H2,1H3,(H,21,25). The highest BCUT2D eigenvalue weighted by atomic mass is 16.5. The Balaban J connectivity index is 1.67. The average Bonchev–Trinajstić information content (AvgIpc) is 3.03. The lowest BCUT2D eigenvalue weighted by Crippen LogP contribution is -2.38. The summed E-state index contributed by atoms with van der Waals surface area (Å²) in [5, 5.41) is 2.82. The molecule has 2 aromatic rings. The molecule has 0 radical (unpaired) electrons. The highest BCUT2D eigenvalue weighted by Crippen LogP contribution is 2.18. The fourth-order valence-corrected chi connectivity index (χ4v) is 3.53. The topological polar surface area (TPSA) is 76.5 Å². The molecule has 7 nitrogen and oxygen atoms in total. The number of nitrogens with zero attached hydrogens (tertiary/aromatic N) is 3. The van der Waals surface area contributed by atoms with Gasteiger partial charge >= 0.3 is 0 Å². The minimum absolute atomic E-state index is 0.0723. The molecule has 0 saturated carbocycles. The van der Waals surface area contributed by atoms with E-state index in [2.05, 4.69) is 5.32 Å². The van der Waals surface area contributed by atoms with Crippen LogP contribution in [0.3, 0.4) is 0 Å². The fourth-order valence-electron chi connectivity index (χ4n) is 3.53. The Hall–Kier alpha value is -2.41. The van der Waals surface area contributed by atoms with E-state index in [-0.39, 0.29) is 18.4 Å². The molecule has 1 fully saturated rings. The SMILES string of the molecule is COCC(=O)NCCCc1nc2ccccc2n1CC(=O)N1CCCCC1. The lowest BCUT2D eigenvalue weighted by molar-refractivity contribution is -0.132. The summed E-state index contributed by atoms with van der Waals surface area (Å²) >= 11 is 0. The molecule has 27 heavy (non-hydrogen) atoms. The van der Waals surface area contributed by atoms with Gasteiger partial charge in [0.1, 0.15) is 19.0 Å². The Morgan fingerprint density at radius 2 is 1.96 bits per heavy atom. The minimum Gasteiger partial charge on any atom is -0.375 e. The van der Waals surface area contributed by atoms with Crippen molar-refractivity contribution in [3.63, 3.8) is 0 Å². The molecule has 1 aliphatic heterocycles. The van der Waals surface area contributed by atoms with Crippen LogP contribution in [0.4, 0.5) is 0 Å². The lowest BCUT2D eigenvalue weighted by Gasteiger charge is -2.27. The van der Waals surface area contributed by atoms with Crippen LogP contribution in [0.5, 0.6) is 0 Å². The summed E-state index contributed by atoms with van der Waals surface area (Å²) in [7, 11) is 1.50. The summed E-state index contributed by atoms with van der Waals surface area (Å²) in [6, 6.07) is 7.91. The third-order valence-corrected chi connectivity index (χ3v) is 4.91. The molecule has 0 atom stereocenters. The Morgan fingerprint density at radius 3 is 2.74 bits per heavy atom. The van der Waals surface area contributed by atoms with Crippen LogP contribution < -0.4 is 5.32 Å². The number of hydrogen-bond donors (Lipinski definition) is 1. The van der Waals surface area contributed by atoms with Crippen LogP contribution >= 0.6 is 0 Å². The highest BCUT2D eigenvalue weighted by Gasteiger charge is 2.19. The van der Waals surface area contributed by atoms with Crippen molar-refractivity contribution in [2.45, 2.75) is 38.6 Å². The number of benzene rings is 1. The number of imidazole rings is 1. The van der Waals surface area contributed by atoms with Crippen LogP contribution in [-0.4, -0.2) is 59.6 Å². The van der Waals surface area contributed by atoms with E-state index in [4.69, 9.17) is 9.72 Å². The van der Waals surface area contributed by atoms with Gasteiger partial charge in [-0.05, 0) is 37.8 Å². The van der Waals surface area contributed by atoms with Crippen LogP contribution in [0.15, 0.2) is 24.3 Å². The number of ether oxygens (including phenoxy) is 1. The summed E-state index contributed by atoms with van der Waals surface area (Å²) < 4.78 is 6.84. The summed E-state index contributed by atoms with van der Waals surface area (Å²) in [6.45, 7) is 2.67. The van der Waals surface area contributed by atoms with E-state index in [9.17, 15) is 9.59 Å².